The molecule has 0 fully saturated rings. The third-order valence-electron chi connectivity index (χ3n) is 2.76. The Kier molecular flexibility index (Phi) is 6.57. The minimum atomic E-state index is -0.721. The fourth-order valence-corrected chi connectivity index (χ4v) is 1.30. The Morgan fingerprint density at radius 3 is 2.06 bits per heavy atom. The molecule has 0 aromatic heterocycles. The lowest BCUT2D eigenvalue weighted by atomic mass is 10.0. The maximum atomic E-state index is 11.9. The van der Waals surface area contributed by atoms with Gasteiger partial charge in [0.25, 0.3) is 0 Å². The number of primary amides is 1. The summed E-state index contributed by atoms with van der Waals surface area (Å²) in [5, 5.41) is 14.1. The number of amides is 3. The molecule has 3 amide bonds. The van der Waals surface area contributed by atoms with Crippen molar-refractivity contribution < 1.29 is 14.7 Å². The molecular formula is C11H23N3O3. The number of nitrogens with two attached hydrogens (primary N) is 1. The summed E-state index contributed by atoms with van der Waals surface area (Å²) in [5.41, 5.74) is 5.02. The van der Waals surface area contributed by atoms with Crippen molar-refractivity contribution in [2.24, 2.45) is 17.6 Å². The Bertz CT molecular complexity index is 269. The van der Waals surface area contributed by atoms with Crippen molar-refractivity contribution in [2.45, 2.75) is 39.8 Å². The summed E-state index contributed by atoms with van der Waals surface area (Å²) in [5.74, 6) is -0.383. The van der Waals surface area contributed by atoms with E-state index in [0.717, 1.165) is 0 Å². The molecule has 0 aliphatic carbocycles. The van der Waals surface area contributed by atoms with Crippen molar-refractivity contribution in [1.29, 1.82) is 0 Å². The smallest absolute Gasteiger partial charge is 0.312 e. The topological polar surface area (TPSA) is 104 Å². The molecule has 17 heavy (non-hydrogen) atoms. The Labute approximate surface area is 102 Å². The van der Waals surface area contributed by atoms with Crippen LogP contribution in [-0.2, 0) is 4.79 Å². The van der Waals surface area contributed by atoms with Gasteiger partial charge in [-0.2, -0.15) is 0 Å². The van der Waals surface area contributed by atoms with Crippen LogP contribution in [0.3, 0.4) is 0 Å². The molecule has 3 atom stereocenters. The van der Waals surface area contributed by atoms with Gasteiger partial charge in [-0.05, 0) is 18.8 Å². The maximum Gasteiger partial charge on any atom is 0.312 e. The van der Waals surface area contributed by atoms with Crippen LogP contribution in [0.15, 0.2) is 0 Å². The molecule has 0 aromatic carbocycles. The second-order valence-corrected chi connectivity index (χ2v) is 4.69. The highest BCUT2D eigenvalue weighted by molar-refractivity contribution is 5.86. The number of hydrogen-bond donors (Lipinski definition) is 4. The van der Waals surface area contributed by atoms with E-state index in [1.807, 2.05) is 20.8 Å². The van der Waals surface area contributed by atoms with E-state index in [1.165, 1.54) is 0 Å². The van der Waals surface area contributed by atoms with Crippen LogP contribution in [0.2, 0.25) is 0 Å². The molecule has 0 saturated heterocycles. The number of hydrogen-bond acceptors (Lipinski definition) is 3. The molecule has 0 aromatic rings. The van der Waals surface area contributed by atoms with E-state index < -0.39 is 12.1 Å². The fourth-order valence-electron chi connectivity index (χ4n) is 1.30. The van der Waals surface area contributed by atoms with Crippen LogP contribution in [0.25, 0.3) is 0 Å². The van der Waals surface area contributed by atoms with Crippen LogP contribution in [-0.4, -0.2) is 35.7 Å². The number of urea groups is 1. The summed E-state index contributed by atoms with van der Waals surface area (Å²) >= 11 is 0. The average molecular weight is 245 g/mol. The zero-order valence-corrected chi connectivity index (χ0v) is 10.9. The fraction of sp³-hybridized carbons (Fsp3) is 0.818. The lowest BCUT2D eigenvalue weighted by molar-refractivity contribution is -0.124. The van der Waals surface area contributed by atoms with Gasteiger partial charge in [-0.15, -0.1) is 0 Å². The van der Waals surface area contributed by atoms with Crippen LogP contribution in [0.5, 0.6) is 0 Å². The summed E-state index contributed by atoms with van der Waals surface area (Å²) < 4.78 is 0. The lowest BCUT2D eigenvalue weighted by Crippen LogP contribution is -2.54. The molecule has 100 valence electrons. The predicted octanol–water partition coefficient (Wildman–Crippen LogP) is -0.188. The highest BCUT2D eigenvalue weighted by Gasteiger charge is 2.25. The van der Waals surface area contributed by atoms with Gasteiger partial charge < -0.3 is 21.5 Å². The SMILES string of the molecule is CC(C)C(NC(N)=O)C(=O)NC(C)C(C)CO. The first-order valence-electron chi connectivity index (χ1n) is 5.76. The first-order chi connectivity index (χ1) is 7.79. The van der Waals surface area contributed by atoms with Gasteiger partial charge >= 0.3 is 6.03 Å². The quantitative estimate of drug-likeness (QED) is 0.521. The van der Waals surface area contributed by atoms with Crippen LogP contribution >= 0.6 is 0 Å². The van der Waals surface area contributed by atoms with E-state index in [0.29, 0.717) is 0 Å². The van der Waals surface area contributed by atoms with Gasteiger partial charge in [0.05, 0.1) is 0 Å². The highest BCUT2D eigenvalue weighted by atomic mass is 16.3. The summed E-state index contributed by atoms with van der Waals surface area (Å²) in [6.45, 7) is 7.27. The van der Waals surface area contributed by atoms with E-state index >= 15 is 0 Å². The Hall–Kier alpha value is -1.30. The van der Waals surface area contributed by atoms with Crippen LogP contribution in [0, 0.1) is 11.8 Å². The Balaban J connectivity index is 4.47. The molecule has 0 saturated carbocycles. The average Bonchev–Trinajstić information content (AvgIpc) is 2.23. The van der Waals surface area contributed by atoms with Gasteiger partial charge in [-0.3, -0.25) is 4.79 Å². The number of carbonyl (C=O) groups is 2. The third kappa shape index (κ3) is 5.53. The second kappa shape index (κ2) is 7.11. The zero-order valence-electron chi connectivity index (χ0n) is 10.9. The number of carbonyl (C=O) groups excluding carboxylic acids is 2. The Morgan fingerprint density at radius 1 is 1.18 bits per heavy atom. The normalized spacial score (nSPS) is 16.1. The van der Waals surface area contributed by atoms with Crippen LogP contribution in [0.4, 0.5) is 4.79 Å². The first kappa shape index (κ1) is 15.7. The van der Waals surface area contributed by atoms with Crippen molar-refractivity contribution in [3.8, 4) is 0 Å². The van der Waals surface area contributed by atoms with Gasteiger partial charge in [-0.25, -0.2) is 4.79 Å². The molecule has 0 aliphatic heterocycles. The standard InChI is InChI=1S/C11H23N3O3/c1-6(2)9(14-11(12)17)10(16)13-8(4)7(3)5-15/h6-9,15H,5H2,1-4H3,(H,13,16)(H3,12,14,17). The molecule has 6 heteroatoms. The van der Waals surface area contributed by atoms with Gasteiger partial charge in [0.2, 0.25) is 5.91 Å². The molecule has 6 nitrogen and oxygen atoms in total. The minimum Gasteiger partial charge on any atom is -0.396 e. The second-order valence-electron chi connectivity index (χ2n) is 4.69. The van der Waals surface area contributed by atoms with Crippen molar-refractivity contribution >= 4 is 11.9 Å². The molecule has 0 bridgehead atoms. The molecule has 3 unspecified atom stereocenters. The number of aliphatic hydroxyl groups excluding tert-OH is 1. The molecule has 0 spiro atoms. The van der Waals surface area contributed by atoms with Gasteiger partial charge in [0.15, 0.2) is 0 Å². The highest BCUT2D eigenvalue weighted by Crippen LogP contribution is 2.05. The third-order valence-corrected chi connectivity index (χ3v) is 2.76. The van der Waals surface area contributed by atoms with Crippen LogP contribution in [0.1, 0.15) is 27.7 Å². The number of rotatable bonds is 6. The van der Waals surface area contributed by atoms with E-state index in [-0.39, 0.29) is 30.4 Å². The van der Waals surface area contributed by atoms with E-state index in [2.05, 4.69) is 10.6 Å². The molecular weight excluding hydrogens is 222 g/mol. The van der Waals surface area contributed by atoms with E-state index in [9.17, 15) is 9.59 Å². The predicted molar refractivity (Wildman–Crippen MR) is 65.2 cm³/mol. The lowest BCUT2D eigenvalue weighted by Gasteiger charge is -2.25. The van der Waals surface area contributed by atoms with E-state index in [1.54, 1.807) is 6.92 Å². The maximum absolute atomic E-state index is 11.9. The van der Waals surface area contributed by atoms with E-state index in [4.69, 9.17) is 10.8 Å². The molecule has 0 heterocycles. The number of aliphatic hydroxyl groups is 1. The zero-order chi connectivity index (χ0) is 13.6. The van der Waals surface area contributed by atoms with Gasteiger partial charge in [0.1, 0.15) is 6.04 Å². The number of nitrogens with one attached hydrogen (secondary N) is 2. The molecule has 0 radical (unpaired) electrons. The monoisotopic (exact) mass is 245 g/mol. The molecule has 0 aliphatic rings. The van der Waals surface area contributed by atoms with Gasteiger partial charge in [-0.1, -0.05) is 20.8 Å². The minimum absolute atomic E-state index is 0.00294. The summed E-state index contributed by atoms with van der Waals surface area (Å²) in [4.78, 5) is 22.7. The van der Waals surface area contributed by atoms with Crippen molar-refractivity contribution in [1.82, 2.24) is 10.6 Å². The van der Waals surface area contributed by atoms with Crippen molar-refractivity contribution in [2.75, 3.05) is 6.61 Å². The largest absolute Gasteiger partial charge is 0.396 e. The van der Waals surface area contributed by atoms with Crippen molar-refractivity contribution in [3.05, 3.63) is 0 Å². The van der Waals surface area contributed by atoms with Gasteiger partial charge in [0, 0.05) is 12.6 Å². The molecule has 0 rings (SSSR count). The summed E-state index contributed by atoms with van der Waals surface area (Å²) in [7, 11) is 0. The summed E-state index contributed by atoms with van der Waals surface area (Å²) in [6.07, 6.45) is 0. The first-order valence-corrected chi connectivity index (χ1v) is 5.76. The Morgan fingerprint density at radius 2 is 1.71 bits per heavy atom. The molecule has 5 N–H and O–H groups in total. The summed E-state index contributed by atoms with van der Waals surface area (Å²) in [6, 6.07) is -1.54. The van der Waals surface area contributed by atoms with Crippen molar-refractivity contribution in [3.63, 3.8) is 0 Å². The van der Waals surface area contributed by atoms with Crippen LogP contribution < -0.4 is 16.4 Å².